The van der Waals surface area contributed by atoms with E-state index >= 15 is 0 Å². The van der Waals surface area contributed by atoms with Crippen molar-refractivity contribution in [3.63, 3.8) is 0 Å². The number of halogens is 1. The molecule has 0 aliphatic heterocycles. The van der Waals surface area contributed by atoms with Crippen molar-refractivity contribution in [2.75, 3.05) is 11.6 Å². The molecule has 0 atom stereocenters. The highest BCUT2D eigenvalue weighted by atomic mass is 35.5. The van der Waals surface area contributed by atoms with Crippen molar-refractivity contribution in [2.45, 2.75) is 11.4 Å². The van der Waals surface area contributed by atoms with E-state index in [0.29, 0.717) is 10.6 Å². The van der Waals surface area contributed by atoms with E-state index < -0.39 is 0 Å². The molecule has 0 unspecified atom stereocenters. The second kappa shape index (κ2) is 6.51. The predicted molar refractivity (Wildman–Crippen MR) is 81.7 cm³/mol. The van der Waals surface area contributed by atoms with Crippen LogP contribution in [0.15, 0.2) is 47.4 Å². The molecule has 1 N–H and O–H groups in total. The molecule has 96 valence electrons. The van der Waals surface area contributed by atoms with Gasteiger partial charge < -0.3 is 5.32 Å². The lowest BCUT2D eigenvalue weighted by molar-refractivity contribution is 1.14. The summed E-state index contributed by atoms with van der Waals surface area (Å²) in [6, 6.07) is 15.8. The third-order valence-electron chi connectivity index (χ3n) is 2.74. The van der Waals surface area contributed by atoms with Crippen molar-refractivity contribution in [1.29, 1.82) is 5.26 Å². The number of thioether (sulfide) groups is 1. The van der Waals surface area contributed by atoms with Crippen LogP contribution in [0.25, 0.3) is 0 Å². The van der Waals surface area contributed by atoms with Gasteiger partial charge in [-0.15, -0.1) is 11.8 Å². The van der Waals surface area contributed by atoms with Gasteiger partial charge in [0.2, 0.25) is 0 Å². The molecule has 19 heavy (non-hydrogen) atoms. The Labute approximate surface area is 122 Å². The van der Waals surface area contributed by atoms with Gasteiger partial charge in [-0.05, 0) is 42.2 Å². The Morgan fingerprint density at radius 3 is 2.58 bits per heavy atom. The van der Waals surface area contributed by atoms with E-state index in [1.165, 1.54) is 10.5 Å². The number of nitriles is 1. The van der Waals surface area contributed by atoms with Crippen LogP contribution < -0.4 is 5.32 Å². The summed E-state index contributed by atoms with van der Waals surface area (Å²) >= 11 is 7.62. The molecular formula is C15H13ClN2S. The quantitative estimate of drug-likeness (QED) is 0.839. The van der Waals surface area contributed by atoms with Crippen LogP contribution in [0.5, 0.6) is 0 Å². The Morgan fingerprint density at radius 2 is 1.95 bits per heavy atom. The van der Waals surface area contributed by atoms with Gasteiger partial charge in [-0.1, -0.05) is 23.7 Å². The molecule has 0 aromatic heterocycles. The standard InChI is InChI=1S/C15H13ClN2S/c1-19-14-5-2-11(3-6-14)10-18-13-4-7-15(16)12(8-13)9-17/h2-8,18H,10H2,1H3. The van der Waals surface area contributed by atoms with Crippen molar-refractivity contribution >= 4 is 29.1 Å². The van der Waals surface area contributed by atoms with Gasteiger partial charge in [0.05, 0.1) is 10.6 Å². The number of hydrogen-bond acceptors (Lipinski definition) is 3. The molecule has 0 bridgehead atoms. The molecule has 2 rings (SSSR count). The number of anilines is 1. The minimum atomic E-state index is 0.484. The molecule has 2 aromatic rings. The van der Waals surface area contributed by atoms with Crippen LogP contribution in [-0.2, 0) is 6.54 Å². The SMILES string of the molecule is CSc1ccc(CNc2ccc(Cl)c(C#N)c2)cc1. The summed E-state index contributed by atoms with van der Waals surface area (Å²) < 4.78 is 0. The predicted octanol–water partition coefficient (Wildman–Crippen LogP) is 4.55. The molecule has 0 fully saturated rings. The van der Waals surface area contributed by atoms with Gasteiger partial charge in [0, 0.05) is 17.1 Å². The van der Waals surface area contributed by atoms with Crippen LogP contribution in [0.4, 0.5) is 5.69 Å². The van der Waals surface area contributed by atoms with E-state index in [0.717, 1.165) is 12.2 Å². The molecule has 0 saturated heterocycles. The Kier molecular flexibility index (Phi) is 4.73. The van der Waals surface area contributed by atoms with E-state index in [2.05, 4.69) is 41.9 Å². The van der Waals surface area contributed by atoms with Gasteiger partial charge in [0.1, 0.15) is 6.07 Å². The van der Waals surface area contributed by atoms with E-state index in [4.69, 9.17) is 16.9 Å². The first-order valence-corrected chi connectivity index (χ1v) is 7.39. The highest BCUT2D eigenvalue weighted by molar-refractivity contribution is 7.98. The lowest BCUT2D eigenvalue weighted by Gasteiger charge is -2.08. The second-order valence-corrected chi connectivity index (χ2v) is 5.29. The molecular weight excluding hydrogens is 276 g/mol. The number of benzene rings is 2. The van der Waals surface area contributed by atoms with Gasteiger partial charge in [-0.25, -0.2) is 0 Å². The first-order valence-electron chi connectivity index (χ1n) is 5.79. The average molecular weight is 289 g/mol. The van der Waals surface area contributed by atoms with E-state index in [1.807, 2.05) is 6.07 Å². The maximum absolute atomic E-state index is 8.92. The molecule has 0 saturated carbocycles. The largest absolute Gasteiger partial charge is 0.381 e. The minimum Gasteiger partial charge on any atom is -0.381 e. The average Bonchev–Trinajstić information content (AvgIpc) is 2.47. The van der Waals surface area contributed by atoms with Gasteiger partial charge in [-0.2, -0.15) is 5.26 Å². The number of nitrogens with zero attached hydrogens (tertiary/aromatic N) is 1. The van der Waals surface area contributed by atoms with Gasteiger partial charge >= 0.3 is 0 Å². The molecule has 2 nitrogen and oxygen atoms in total. The molecule has 0 heterocycles. The van der Waals surface area contributed by atoms with Crippen LogP contribution in [0.1, 0.15) is 11.1 Å². The molecule has 0 aliphatic carbocycles. The van der Waals surface area contributed by atoms with E-state index in [9.17, 15) is 0 Å². The van der Waals surface area contributed by atoms with Crippen molar-refractivity contribution in [2.24, 2.45) is 0 Å². The highest BCUT2D eigenvalue weighted by Crippen LogP contribution is 2.20. The fourth-order valence-electron chi connectivity index (χ4n) is 1.67. The highest BCUT2D eigenvalue weighted by Gasteiger charge is 2.01. The van der Waals surface area contributed by atoms with Crippen molar-refractivity contribution in [3.8, 4) is 6.07 Å². The summed E-state index contributed by atoms with van der Waals surface area (Å²) in [5.74, 6) is 0. The number of hydrogen-bond donors (Lipinski definition) is 1. The summed E-state index contributed by atoms with van der Waals surface area (Å²) in [5.41, 5.74) is 2.59. The maximum Gasteiger partial charge on any atom is 0.101 e. The summed E-state index contributed by atoms with van der Waals surface area (Å²) in [6.45, 7) is 0.723. The minimum absolute atomic E-state index is 0.484. The van der Waals surface area contributed by atoms with Crippen LogP contribution in [0.2, 0.25) is 5.02 Å². The summed E-state index contributed by atoms with van der Waals surface area (Å²) in [7, 11) is 0. The molecule has 0 spiro atoms. The lowest BCUT2D eigenvalue weighted by atomic mass is 10.2. The van der Waals surface area contributed by atoms with Crippen molar-refractivity contribution in [1.82, 2.24) is 0 Å². The summed E-state index contributed by atoms with van der Waals surface area (Å²) in [5, 5.41) is 12.7. The van der Waals surface area contributed by atoms with E-state index in [1.54, 1.807) is 23.9 Å². The molecule has 2 aromatic carbocycles. The van der Waals surface area contributed by atoms with Crippen LogP contribution in [-0.4, -0.2) is 6.26 Å². The topological polar surface area (TPSA) is 35.8 Å². The lowest BCUT2D eigenvalue weighted by Crippen LogP contribution is -1.99. The number of nitrogens with one attached hydrogen (secondary N) is 1. The third-order valence-corrected chi connectivity index (χ3v) is 3.82. The van der Waals surface area contributed by atoms with Crippen molar-refractivity contribution in [3.05, 3.63) is 58.6 Å². The van der Waals surface area contributed by atoms with Crippen molar-refractivity contribution < 1.29 is 0 Å². The Morgan fingerprint density at radius 1 is 1.21 bits per heavy atom. The monoisotopic (exact) mass is 288 g/mol. The molecule has 0 aliphatic rings. The fraction of sp³-hybridized carbons (Fsp3) is 0.133. The van der Waals surface area contributed by atoms with Gasteiger partial charge in [0.25, 0.3) is 0 Å². The van der Waals surface area contributed by atoms with Gasteiger partial charge in [-0.3, -0.25) is 0 Å². The summed E-state index contributed by atoms with van der Waals surface area (Å²) in [4.78, 5) is 1.25. The third kappa shape index (κ3) is 3.66. The van der Waals surface area contributed by atoms with Crippen LogP contribution >= 0.6 is 23.4 Å². The Balaban J connectivity index is 2.04. The Hall–Kier alpha value is -1.63. The Bertz CT molecular complexity index is 603. The molecule has 4 heteroatoms. The zero-order valence-electron chi connectivity index (χ0n) is 10.5. The second-order valence-electron chi connectivity index (χ2n) is 4.01. The zero-order valence-corrected chi connectivity index (χ0v) is 12.1. The maximum atomic E-state index is 8.92. The molecule has 0 amide bonds. The smallest absolute Gasteiger partial charge is 0.101 e. The van der Waals surface area contributed by atoms with Crippen LogP contribution in [0, 0.1) is 11.3 Å². The molecule has 0 radical (unpaired) electrons. The zero-order chi connectivity index (χ0) is 13.7. The van der Waals surface area contributed by atoms with E-state index in [-0.39, 0.29) is 0 Å². The first-order chi connectivity index (χ1) is 9.22. The van der Waals surface area contributed by atoms with Gasteiger partial charge in [0.15, 0.2) is 0 Å². The fourth-order valence-corrected chi connectivity index (χ4v) is 2.24. The first kappa shape index (κ1) is 13.8. The van der Waals surface area contributed by atoms with Crippen LogP contribution in [0.3, 0.4) is 0 Å². The summed E-state index contributed by atoms with van der Waals surface area (Å²) in [6.07, 6.45) is 2.06. The normalized spacial score (nSPS) is 9.95. The number of rotatable bonds is 4.